The number of hydrogen-bond acceptors (Lipinski definition) is 4. The van der Waals surface area contributed by atoms with Gasteiger partial charge in [0.05, 0.1) is 25.9 Å². The number of ether oxygens (including phenoxy) is 1. The summed E-state index contributed by atoms with van der Waals surface area (Å²) in [7, 11) is 0. The fourth-order valence-corrected chi connectivity index (χ4v) is 1.29. The van der Waals surface area contributed by atoms with Crippen LogP contribution in [0.15, 0.2) is 30.3 Å². The van der Waals surface area contributed by atoms with E-state index in [4.69, 9.17) is 9.84 Å². The van der Waals surface area contributed by atoms with Crippen LogP contribution in [0.1, 0.15) is 5.56 Å². The number of aliphatic hydroxyl groups excluding tert-OH is 2. The van der Waals surface area contributed by atoms with Crippen molar-refractivity contribution in [3.05, 3.63) is 35.9 Å². The van der Waals surface area contributed by atoms with E-state index < -0.39 is 6.10 Å². The third kappa shape index (κ3) is 5.82. The summed E-state index contributed by atoms with van der Waals surface area (Å²) in [6, 6.07) is 9.83. The van der Waals surface area contributed by atoms with Crippen LogP contribution < -0.4 is 5.32 Å². The number of hydrogen-bond donors (Lipinski definition) is 3. The molecule has 90 valence electrons. The molecule has 16 heavy (non-hydrogen) atoms. The van der Waals surface area contributed by atoms with Gasteiger partial charge in [-0.15, -0.1) is 0 Å². The second-order valence-corrected chi connectivity index (χ2v) is 3.58. The molecule has 0 aliphatic heterocycles. The first-order chi connectivity index (χ1) is 7.83. The van der Waals surface area contributed by atoms with Crippen molar-refractivity contribution in [2.45, 2.75) is 12.7 Å². The molecule has 0 heterocycles. The van der Waals surface area contributed by atoms with E-state index in [2.05, 4.69) is 5.32 Å². The van der Waals surface area contributed by atoms with Crippen LogP contribution in [0, 0.1) is 0 Å². The quantitative estimate of drug-likeness (QED) is 0.551. The molecule has 1 atom stereocenters. The van der Waals surface area contributed by atoms with E-state index in [0.717, 1.165) is 5.56 Å². The van der Waals surface area contributed by atoms with E-state index in [-0.39, 0.29) is 6.61 Å². The summed E-state index contributed by atoms with van der Waals surface area (Å²) in [6.45, 7) is 1.83. The second kappa shape index (κ2) is 8.24. The standard InChI is InChI=1S/C12H19NO3/c14-7-6-13-8-12(15)10-16-9-11-4-2-1-3-5-11/h1-5,12-15H,6-10H2/t12-/m1/s1. The minimum atomic E-state index is -0.532. The summed E-state index contributed by atoms with van der Waals surface area (Å²) in [4.78, 5) is 0. The first-order valence-corrected chi connectivity index (χ1v) is 5.44. The van der Waals surface area contributed by atoms with E-state index in [9.17, 15) is 5.11 Å². The minimum absolute atomic E-state index is 0.0809. The van der Waals surface area contributed by atoms with Crippen molar-refractivity contribution in [1.29, 1.82) is 0 Å². The largest absolute Gasteiger partial charge is 0.395 e. The molecule has 0 aliphatic carbocycles. The van der Waals surface area contributed by atoms with Crippen LogP contribution in [-0.4, -0.2) is 42.6 Å². The maximum atomic E-state index is 9.48. The van der Waals surface area contributed by atoms with Crippen molar-refractivity contribution in [3.8, 4) is 0 Å². The molecule has 0 unspecified atom stereocenters. The van der Waals surface area contributed by atoms with Crippen LogP contribution in [0.2, 0.25) is 0 Å². The van der Waals surface area contributed by atoms with Crippen LogP contribution in [-0.2, 0) is 11.3 Å². The van der Waals surface area contributed by atoms with Gasteiger partial charge in [-0.1, -0.05) is 30.3 Å². The third-order valence-corrected chi connectivity index (χ3v) is 2.09. The van der Waals surface area contributed by atoms with E-state index in [1.54, 1.807) is 0 Å². The van der Waals surface area contributed by atoms with Gasteiger partial charge < -0.3 is 20.3 Å². The molecular formula is C12H19NO3. The molecule has 0 radical (unpaired) electrons. The lowest BCUT2D eigenvalue weighted by Crippen LogP contribution is -2.32. The first kappa shape index (κ1) is 13.1. The average molecular weight is 225 g/mol. The lowest BCUT2D eigenvalue weighted by Gasteiger charge is -2.11. The highest BCUT2D eigenvalue weighted by molar-refractivity contribution is 5.13. The third-order valence-electron chi connectivity index (χ3n) is 2.09. The van der Waals surface area contributed by atoms with Crippen molar-refractivity contribution in [2.75, 3.05) is 26.3 Å². The normalized spacial score (nSPS) is 12.6. The van der Waals surface area contributed by atoms with E-state index in [1.807, 2.05) is 30.3 Å². The summed E-state index contributed by atoms with van der Waals surface area (Å²) < 4.78 is 5.36. The molecule has 4 nitrogen and oxygen atoms in total. The fourth-order valence-electron chi connectivity index (χ4n) is 1.29. The average Bonchev–Trinajstić information content (AvgIpc) is 2.31. The SMILES string of the molecule is OCCNC[C@@H](O)COCc1ccccc1. The summed E-state index contributed by atoms with van der Waals surface area (Å²) in [5.74, 6) is 0. The lowest BCUT2D eigenvalue weighted by molar-refractivity contribution is 0.0285. The van der Waals surface area contributed by atoms with Gasteiger partial charge in [-0.2, -0.15) is 0 Å². The molecule has 0 saturated carbocycles. The number of aliphatic hydroxyl groups is 2. The van der Waals surface area contributed by atoms with Crippen molar-refractivity contribution >= 4 is 0 Å². The molecule has 1 aromatic rings. The molecule has 0 spiro atoms. The Morgan fingerprint density at radius 3 is 2.69 bits per heavy atom. The van der Waals surface area contributed by atoms with Gasteiger partial charge in [-0.25, -0.2) is 0 Å². The fraction of sp³-hybridized carbons (Fsp3) is 0.500. The molecular weight excluding hydrogens is 206 g/mol. The van der Waals surface area contributed by atoms with Gasteiger partial charge in [0.2, 0.25) is 0 Å². The Kier molecular flexibility index (Phi) is 6.76. The van der Waals surface area contributed by atoms with Gasteiger partial charge >= 0.3 is 0 Å². The Hall–Kier alpha value is -0.940. The van der Waals surface area contributed by atoms with E-state index >= 15 is 0 Å². The van der Waals surface area contributed by atoms with Crippen molar-refractivity contribution < 1.29 is 14.9 Å². The van der Waals surface area contributed by atoms with Crippen molar-refractivity contribution in [3.63, 3.8) is 0 Å². The molecule has 1 aromatic carbocycles. The molecule has 4 heteroatoms. The van der Waals surface area contributed by atoms with Crippen LogP contribution in [0.5, 0.6) is 0 Å². The highest BCUT2D eigenvalue weighted by Crippen LogP contribution is 2.00. The molecule has 0 aliphatic rings. The Morgan fingerprint density at radius 1 is 1.25 bits per heavy atom. The first-order valence-electron chi connectivity index (χ1n) is 5.44. The highest BCUT2D eigenvalue weighted by atomic mass is 16.5. The predicted octanol–water partition coefficient (Wildman–Crippen LogP) is 0.146. The zero-order valence-electron chi connectivity index (χ0n) is 9.30. The topological polar surface area (TPSA) is 61.7 Å². The molecule has 0 amide bonds. The molecule has 0 bridgehead atoms. The molecule has 3 N–H and O–H groups in total. The zero-order valence-corrected chi connectivity index (χ0v) is 9.30. The molecule has 0 saturated heterocycles. The van der Waals surface area contributed by atoms with Crippen LogP contribution in [0.25, 0.3) is 0 Å². The van der Waals surface area contributed by atoms with E-state index in [1.165, 1.54) is 0 Å². The van der Waals surface area contributed by atoms with Crippen LogP contribution in [0.3, 0.4) is 0 Å². The van der Waals surface area contributed by atoms with Crippen LogP contribution in [0.4, 0.5) is 0 Å². The van der Waals surface area contributed by atoms with Gasteiger partial charge in [0.15, 0.2) is 0 Å². The Labute approximate surface area is 95.9 Å². The second-order valence-electron chi connectivity index (χ2n) is 3.58. The minimum Gasteiger partial charge on any atom is -0.395 e. The monoisotopic (exact) mass is 225 g/mol. The Bertz CT molecular complexity index is 266. The van der Waals surface area contributed by atoms with Gasteiger partial charge in [0.25, 0.3) is 0 Å². The number of rotatable bonds is 8. The molecule has 0 fully saturated rings. The van der Waals surface area contributed by atoms with E-state index in [0.29, 0.717) is 26.3 Å². The summed E-state index contributed by atoms with van der Waals surface area (Å²) in [6.07, 6.45) is -0.532. The van der Waals surface area contributed by atoms with Crippen molar-refractivity contribution in [1.82, 2.24) is 5.32 Å². The van der Waals surface area contributed by atoms with Gasteiger partial charge in [0, 0.05) is 13.1 Å². The maximum absolute atomic E-state index is 9.48. The molecule has 0 aromatic heterocycles. The zero-order chi connectivity index (χ0) is 11.6. The van der Waals surface area contributed by atoms with Gasteiger partial charge in [0.1, 0.15) is 0 Å². The summed E-state index contributed by atoms with van der Waals surface area (Å²) in [5.41, 5.74) is 1.10. The summed E-state index contributed by atoms with van der Waals surface area (Å²) >= 11 is 0. The van der Waals surface area contributed by atoms with Gasteiger partial charge in [-0.3, -0.25) is 0 Å². The predicted molar refractivity (Wildman–Crippen MR) is 62.1 cm³/mol. The summed E-state index contributed by atoms with van der Waals surface area (Å²) in [5, 5.41) is 20.9. The Morgan fingerprint density at radius 2 is 2.00 bits per heavy atom. The molecule has 1 rings (SSSR count). The number of nitrogens with one attached hydrogen (secondary N) is 1. The van der Waals surface area contributed by atoms with Crippen molar-refractivity contribution in [2.24, 2.45) is 0 Å². The van der Waals surface area contributed by atoms with Gasteiger partial charge in [-0.05, 0) is 5.56 Å². The highest BCUT2D eigenvalue weighted by Gasteiger charge is 2.03. The Balaban J connectivity index is 2.06. The maximum Gasteiger partial charge on any atom is 0.0897 e. The van der Waals surface area contributed by atoms with Crippen LogP contribution >= 0.6 is 0 Å². The lowest BCUT2D eigenvalue weighted by atomic mass is 10.2. The smallest absolute Gasteiger partial charge is 0.0897 e. The number of benzene rings is 1.